The summed E-state index contributed by atoms with van der Waals surface area (Å²) in [6.45, 7) is 0. The zero-order valence-electron chi connectivity index (χ0n) is 13.3. The maximum atomic E-state index is 4.83. The van der Waals surface area contributed by atoms with Gasteiger partial charge in [0, 0.05) is 24.2 Å². The van der Waals surface area contributed by atoms with Crippen molar-refractivity contribution < 1.29 is 0 Å². The van der Waals surface area contributed by atoms with Gasteiger partial charge in [-0.25, -0.2) is 9.97 Å². The second-order valence-electron chi connectivity index (χ2n) is 5.52. The van der Waals surface area contributed by atoms with Crippen LogP contribution < -0.4 is 4.90 Å². The summed E-state index contributed by atoms with van der Waals surface area (Å²) < 4.78 is 0. The maximum absolute atomic E-state index is 4.83. The van der Waals surface area contributed by atoms with E-state index in [-0.39, 0.29) is 0 Å². The van der Waals surface area contributed by atoms with E-state index in [0.29, 0.717) is 0 Å². The number of hydrogen-bond acceptors (Lipinski definition) is 4. The molecule has 24 heavy (non-hydrogen) atoms. The summed E-state index contributed by atoms with van der Waals surface area (Å²) in [6.07, 6.45) is 3.60. The normalized spacial score (nSPS) is 10.7. The summed E-state index contributed by atoms with van der Waals surface area (Å²) in [6, 6.07) is 22.1. The fraction of sp³-hybridized carbons (Fsp3) is 0.0500. The minimum absolute atomic E-state index is 0.722. The van der Waals surface area contributed by atoms with Crippen molar-refractivity contribution in [3.05, 3.63) is 79.1 Å². The Hall–Kier alpha value is -3.27. The predicted molar refractivity (Wildman–Crippen MR) is 97.3 cm³/mol. The SMILES string of the molecule is CN(c1cccnc1)c1nc(-c2ccccc2)nc2ccccc12. The molecule has 0 bridgehead atoms. The minimum Gasteiger partial charge on any atom is -0.327 e. The second kappa shape index (κ2) is 6.08. The highest BCUT2D eigenvalue weighted by molar-refractivity contribution is 5.92. The van der Waals surface area contributed by atoms with Crippen LogP contribution in [0, 0.1) is 0 Å². The number of rotatable bonds is 3. The van der Waals surface area contributed by atoms with Gasteiger partial charge in [-0.2, -0.15) is 0 Å². The van der Waals surface area contributed by atoms with Crippen LogP contribution in [0.25, 0.3) is 22.3 Å². The molecule has 2 heterocycles. The van der Waals surface area contributed by atoms with Crippen molar-refractivity contribution in [1.82, 2.24) is 15.0 Å². The molecule has 0 radical (unpaired) electrons. The molecule has 116 valence electrons. The second-order valence-corrected chi connectivity index (χ2v) is 5.52. The van der Waals surface area contributed by atoms with Crippen LogP contribution in [0.5, 0.6) is 0 Å². The Balaban J connectivity index is 1.93. The van der Waals surface area contributed by atoms with Crippen LogP contribution in [0.1, 0.15) is 0 Å². The van der Waals surface area contributed by atoms with Gasteiger partial charge in [0.15, 0.2) is 5.82 Å². The van der Waals surface area contributed by atoms with E-state index < -0.39 is 0 Å². The summed E-state index contributed by atoms with van der Waals surface area (Å²) in [5, 5.41) is 1.02. The molecule has 0 aliphatic carbocycles. The topological polar surface area (TPSA) is 41.9 Å². The van der Waals surface area contributed by atoms with Crippen LogP contribution in [-0.4, -0.2) is 22.0 Å². The van der Waals surface area contributed by atoms with Crippen molar-refractivity contribution in [2.24, 2.45) is 0 Å². The Morgan fingerprint density at radius 2 is 1.58 bits per heavy atom. The van der Waals surface area contributed by atoms with Crippen molar-refractivity contribution >= 4 is 22.4 Å². The quantitative estimate of drug-likeness (QED) is 0.560. The van der Waals surface area contributed by atoms with Gasteiger partial charge in [0.2, 0.25) is 0 Å². The van der Waals surface area contributed by atoms with Crippen LogP contribution in [0.2, 0.25) is 0 Å². The molecule has 0 unspecified atom stereocenters. The van der Waals surface area contributed by atoms with E-state index in [2.05, 4.69) is 4.98 Å². The van der Waals surface area contributed by atoms with Gasteiger partial charge < -0.3 is 4.90 Å². The van der Waals surface area contributed by atoms with Gasteiger partial charge in [0.1, 0.15) is 5.82 Å². The first-order valence-corrected chi connectivity index (χ1v) is 7.79. The fourth-order valence-corrected chi connectivity index (χ4v) is 2.71. The molecule has 0 N–H and O–H groups in total. The molecule has 2 aromatic carbocycles. The molecule has 4 nitrogen and oxygen atoms in total. The molecule has 0 saturated heterocycles. The van der Waals surface area contributed by atoms with E-state index in [4.69, 9.17) is 9.97 Å². The van der Waals surface area contributed by atoms with Crippen LogP contribution in [0.4, 0.5) is 11.5 Å². The van der Waals surface area contributed by atoms with Crippen molar-refractivity contribution in [3.63, 3.8) is 0 Å². The van der Waals surface area contributed by atoms with Crippen molar-refractivity contribution in [3.8, 4) is 11.4 Å². The maximum Gasteiger partial charge on any atom is 0.162 e. The van der Waals surface area contributed by atoms with E-state index in [9.17, 15) is 0 Å². The first-order chi connectivity index (χ1) is 11.8. The molecule has 2 aromatic heterocycles. The average molecular weight is 312 g/mol. The first-order valence-electron chi connectivity index (χ1n) is 7.79. The van der Waals surface area contributed by atoms with E-state index in [1.807, 2.05) is 84.9 Å². The van der Waals surface area contributed by atoms with Gasteiger partial charge >= 0.3 is 0 Å². The van der Waals surface area contributed by atoms with Gasteiger partial charge in [0.05, 0.1) is 17.4 Å². The third-order valence-electron chi connectivity index (χ3n) is 3.97. The highest BCUT2D eigenvalue weighted by Crippen LogP contribution is 2.30. The fourth-order valence-electron chi connectivity index (χ4n) is 2.71. The van der Waals surface area contributed by atoms with Crippen LogP contribution in [-0.2, 0) is 0 Å². The Labute approximate surface area is 140 Å². The van der Waals surface area contributed by atoms with Crippen molar-refractivity contribution in [2.75, 3.05) is 11.9 Å². The Morgan fingerprint density at radius 3 is 2.38 bits per heavy atom. The molecule has 0 fully saturated rings. The lowest BCUT2D eigenvalue weighted by Gasteiger charge is -2.20. The molecule has 0 aliphatic rings. The van der Waals surface area contributed by atoms with Crippen LogP contribution in [0.15, 0.2) is 79.1 Å². The molecule has 0 atom stereocenters. The molecule has 0 amide bonds. The molecule has 0 aliphatic heterocycles. The lowest BCUT2D eigenvalue weighted by atomic mass is 10.1. The van der Waals surface area contributed by atoms with E-state index in [1.165, 1.54) is 0 Å². The van der Waals surface area contributed by atoms with E-state index in [1.54, 1.807) is 6.20 Å². The zero-order valence-corrected chi connectivity index (χ0v) is 13.3. The molecular weight excluding hydrogens is 296 g/mol. The number of aromatic nitrogens is 3. The van der Waals surface area contributed by atoms with Gasteiger partial charge in [-0.3, -0.25) is 4.98 Å². The van der Waals surface area contributed by atoms with Gasteiger partial charge in [0.25, 0.3) is 0 Å². The Kier molecular flexibility index (Phi) is 3.63. The number of hydrogen-bond donors (Lipinski definition) is 0. The van der Waals surface area contributed by atoms with Gasteiger partial charge in [-0.15, -0.1) is 0 Å². The van der Waals surface area contributed by atoms with E-state index >= 15 is 0 Å². The molecular formula is C20H16N4. The van der Waals surface area contributed by atoms with Crippen LogP contribution in [0.3, 0.4) is 0 Å². The van der Waals surface area contributed by atoms with Gasteiger partial charge in [-0.1, -0.05) is 42.5 Å². The standard InChI is InChI=1S/C20H16N4/c1-24(16-10-7-13-21-14-16)20-17-11-5-6-12-18(17)22-19(23-20)15-8-3-2-4-9-15/h2-14H,1H3. The molecule has 4 aromatic rings. The molecule has 0 spiro atoms. The Bertz CT molecular complexity index is 968. The summed E-state index contributed by atoms with van der Waals surface area (Å²) >= 11 is 0. The molecule has 4 rings (SSSR count). The number of nitrogens with zero attached hydrogens (tertiary/aromatic N) is 4. The monoisotopic (exact) mass is 312 g/mol. The van der Waals surface area contributed by atoms with Crippen LogP contribution >= 0.6 is 0 Å². The highest BCUT2D eigenvalue weighted by atomic mass is 15.2. The van der Waals surface area contributed by atoms with Crippen molar-refractivity contribution in [1.29, 1.82) is 0 Å². The summed E-state index contributed by atoms with van der Waals surface area (Å²) in [4.78, 5) is 15.8. The highest BCUT2D eigenvalue weighted by Gasteiger charge is 2.13. The van der Waals surface area contributed by atoms with E-state index in [0.717, 1.165) is 33.8 Å². The number of fused-ring (bicyclic) bond motifs is 1. The lowest BCUT2D eigenvalue weighted by molar-refractivity contribution is 1.10. The number of pyridine rings is 1. The van der Waals surface area contributed by atoms with Gasteiger partial charge in [-0.05, 0) is 24.3 Å². The lowest BCUT2D eigenvalue weighted by Crippen LogP contribution is -2.13. The molecule has 0 saturated carbocycles. The number of anilines is 2. The summed E-state index contributed by atoms with van der Waals surface area (Å²) in [7, 11) is 2.00. The Morgan fingerprint density at radius 1 is 0.792 bits per heavy atom. The molecule has 4 heteroatoms. The predicted octanol–water partition coefficient (Wildman–Crippen LogP) is 4.46. The largest absolute Gasteiger partial charge is 0.327 e. The number of benzene rings is 2. The van der Waals surface area contributed by atoms with Crippen molar-refractivity contribution in [2.45, 2.75) is 0 Å². The summed E-state index contributed by atoms with van der Waals surface area (Å²) in [5.41, 5.74) is 2.92. The number of para-hydroxylation sites is 1. The average Bonchev–Trinajstić information content (AvgIpc) is 2.68. The first kappa shape index (κ1) is 14.3. The smallest absolute Gasteiger partial charge is 0.162 e. The minimum atomic E-state index is 0.722. The summed E-state index contributed by atoms with van der Waals surface area (Å²) in [5.74, 6) is 1.59. The zero-order chi connectivity index (χ0) is 16.4. The third-order valence-corrected chi connectivity index (χ3v) is 3.97. The third kappa shape index (κ3) is 2.58.